The summed E-state index contributed by atoms with van der Waals surface area (Å²) >= 11 is 0. The van der Waals surface area contributed by atoms with E-state index >= 15 is 0 Å². The molecule has 0 bridgehead atoms. The number of hydrogen-bond acceptors (Lipinski definition) is 2. The van der Waals surface area contributed by atoms with Crippen LogP contribution in [0.5, 0.6) is 0 Å². The van der Waals surface area contributed by atoms with Crippen LogP contribution in [0.1, 0.15) is 18.9 Å². The number of rotatable bonds is 4. The van der Waals surface area contributed by atoms with Crippen LogP contribution in [0.25, 0.3) is 5.57 Å². The molecule has 0 aliphatic rings. The van der Waals surface area contributed by atoms with E-state index in [0.29, 0.717) is 0 Å². The van der Waals surface area contributed by atoms with Crippen LogP contribution in [-0.2, 0) is 9.63 Å². The second kappa shape index (κ2) is 5.98. The minimum atomic E-state index is -0.238. The van der Waals surface area contributed by atoms with Gasteiger partial charge in [0.25, 0.3) is 5.91 Å². The van der Waals surface area contributed by atoms with Gasteiger partial charge in [0.2, 0.25) is 0 Å². The van der Waals surface area contributed by atoms with Gasteiger partial charge < -0.3 is 0 Å². The third-order valence-corrected chi connectivity index (χ3v) is 2.03. The van der Waals surface area contributed by atoms with Crippen molar-refractivity contribution in [1.29, 1.82) is 0 Å². The fourth-order valence-electron chi connectivity index (χ4n) is 1.33. The van der Waals surface area contributed by atoms with Gasteiger partial charge in [0.1, 0.15) is 0 Å². The predicted molar refractivity (Wildman–Crippen MR) is 59.9 cm³/mol. The monoisotopic (exact) mass is 205 g/mol. The van der Waals surface area contributed by atoms with Crippen LogP contribution in [0, 0.1) is 0 Å². The molecule has 0 saturated carbocycles. The maximum Gasteiger partial charge on any atom is 0.267 e. The summed E-state index contributed by atoms with van der Waals surface area (Å²) in [4.78, 5) is 15.8. The SMILES string of the molecule is CC/C(=C\C(=O)NOC)c1ccccc1. The van der Waals surface area contributed by atoms with E-state index in [1.807, 2.05) is 37.3 Å². The minimum Gasteiger partial charge on any atom is -0.277 e. The Morgan fingerprint density at radius 1 is 1.40 bits per heavy atom. The number of allylic oxidation sites excluding steroid dienone is 1. The molecule has 15 heavy (non-hydrogen) atoms. The zero-order valence-electron chi connectivity index (χ0n) is 8.99. The maximum absolute atomic E-state index is 11.3. The highest BCUT2D eigenvalue weighted by atomic mass is 16.6. The van der Waals surface area contributed by atoms with Gasteiger partial charge in [-0.15, -0.1) is 0 Å². The first-order chi connectivity index (χ1) is 7.27. The summed E-state index contributed by atoms with van der Waals surface area (Å²) in [5.74, 6) is -0.238. The van der Waals surface area contributed by atoms with Crippen LogP contribution in [0.2, 0.25) is 0 Å². The molecule has 1 rings (SSSR count). The molecule has 1 aromatic carbocycles. The molecule has 0 aliphatic carbocycles. The largest absolute Gasteiger partial charge is 0.277 e. The van der Waals surface area contributed by atoms with Crippen molar-refractivity contribution in [1.82, 2.24) is 5.48 Å². The van der Waals surface area contributed by atoms with Gasteiger partial charge in [-0.25, -0.2) is 5.48 Å². The van der Waals surface area contributed by atoms with Crippen molar-refractivity contribution in [3.8, 4) is 0 Å². The maximum atomic E-state index is 11.3. The number of carbonyl (C=O) groups excluding carboxylic acids is 1. The first kappa shape index (κ1) is 11.5. The van der Waals surface area contributed by atoms with E-state index in [1.165, 1.54) is 7.11 Å². The fourth-order valence-corrected chi connectivity index (χ4v) is 1.33. The van der Waals surface area contributed by atoms with Gasteiger partial charge in [0.05, 0.1) is 7.11 Å². The highest BCUT2D eigenvalue weighted by Gasteiger charge is 2.01. The molecule has 0 heterocycles. The molecular weight excluding hydrogens is 190 g/mol. The lowest BCUT2D eigenvalue weighted by molar-refractivity contribution is -0.126. The van der Waals surface area contributed by atoms with Gasteiger partial charge >= 0.3 is 0 Å². The number of hydrogen-bond donors (Lipinski definition) is 1. The first-order valence-corrected chi connectivity index (χ1v) is 4.87. The van der Waals surface area contributed by atoms with Crippen LogP contribution in [0.15, 0.2) is 36.4 Å². The van der Waals surface area contributed by atoms with Gasteiger partial charge in [-0.2, -0.15) is 0 Å². The zero-order chi connectivity index (χ0) is 11.1. The van der Waals surface area contributed by atoms with Crippen molar-refractivity contribution >= 4 is 11.5 Å². The molecule has 80 valence electrons. The molecule has 3 nitrogen and oxygen atoms in total. The van der Waals surface area contributed by atoms with E-state index in [0.717, 1.165) is 17.6 Å². The Kier molecular flexibility index (Phi) is 4.57. The molecule has 0 atom stereocenters. The van der Waals surface area contributed by atoms with Crippen molar-refractivity contribution in [2.24, 2.45) is 0 Å². The van der Waals surface area contributed by atoms with Gasteiger partial charge in [0, 0.05) is 6.08 Å². The van der Waals surface area contributed by atoms with E-state index in [9.17, 15) is 4.79 Å². The quantitative estimate of drug-likeness (QED) is 0.604. The summed E-state index contributed by atoms with van der Waals surface area (Å²) in [7, 11) is 1.42. The molecule has 0 saturated heterocycles. The predicted octanol–water partition coefficient (Wildman–Crippen LogP) is 2.16. The summed E-state index contributed by atoms with van der Waals surface area (Å²) in [6, 6.07) is 9.82. The average Bonchev–Trinajstić information content (AvgIpc) is 2.27. The molecular formula is C12H15NO2. The lowest BCUT2D eigenvalue weighted by Gasteiger charge is -2.04. The molecule has 3 heteroatoms. The first-order valence-electron chi connectivity index (χ1n) is 4.87. The number of carbonyl (C=O) groups is 1. The third-order valence-electron chi connectivity index (χ3n) is 2.03. The third kappa shape index (κ3) is 3.56. The number of nitrogens with one attached hydrogen (secondary N) is 1. The Hall–Kier alpha value is -1.61. The van der Waals surface area contributed by atoms with Crippen LogP contribution in [0.3, 0.4) is 0 Å². The Morgan fingerprint density at radius 2 is 2.07 bits per heavy atom. The lowest BCUT2D eigenvalue weighted by atomic mass is 10.0. The van der Waals surface area contributed by atoms with Crippen molar-refractivity contribution in [3.05, 3.63) is 42.0 Å². The van der Waals surface area contributed by atoms with Gasteiger partial charge in [-0.3, -0.25) is 9.63 Å². The van der Waals surface area contributed by atoms with E-state index < -0.39 is 0 Å². The molecule has 1 amide bonds. The van der Waals surface area contributed by atoms with Crippen molar-refractivity contribution in [3.63, 3.8) is 0 Å². The Morgan fingerprint density at radius 3 is 2.60 bits per heavy atom. The van der Waals surface area contributed by atoms with E-state index in [4.69, 9.17) is 0 Å². The van der Waals surface area contributed by atoms with Crippen molar-refractivity contribution in [2.45, 2.75) is 13.3 Å². The van der Waals surface area contributed by atoms with E-state index in [1.54, 1.807) is 6.08 Å². The minimum absolute atomic E-state index is 0.238. The summed E-state index contributed by atoms with van der Waals surface area (Å²) < 4.78 is 0. The number of benzene rings is 1. The second-order valence-electron chi connectivity index (χ2n) is 3.06. The average molecular weight is 205 g/mol. The van der Waals surface area contributed by atoms with Crippen molar-refractivity contribution < 1.29 is 9.63 Å². The van der Waals surface area contributed by atoms with Gasteiger partial charge in [-0.1, -0.05) is 37.3 Å². The molecule has 0 radical (unpaired) electrons. The molecule has 1 N–H and O–H groups in total. The highest BCUT2D eigenvalue weighted by Crippen LogP contribution is 2.16. The summed E-state index contributed by atoms with van der Waals surface area (Å²) in [5, 5.41) is 0. The molecule has 0 spiro atoms. The summed E-state index contributed by atoms with van der Waals surface area (Å²) in [6.45, 7) is 2.01. The van der Waals surface area contributed by atoms with Crippen LogP contribution >= 0.6 is 0 Å². The van der Waals surface area contributed by atoms with Gasteiger partial charge in [0.15, 0.2) is 0 Å². The van der Waals surface area contributed by atoms with Crippen LogP contribution in [-0.4, -0.2) is 13.0 Å². The number of hydroxylamine groups is 1. The molecule has 0 aliphatic heterocycles. The van der Waals surface area contributed by atoms with Crippen LogP contribution in [0.4, 0.5) is 0 Å². The molecule has 0 unspecified atom stereocenters. The standard InChI is InChI=1S/C12H15NO2/c1-3-10(9-12(14)13-15-2)11-7-5-4-6-8-11/h4-9H,3H2,1-2H3,(H,13,14)/b10-9+. The zero-order valence-corrected chi connectivity index (χ0v) is 8.99. The highest BCUT2D eigenvalue weighted by molar-refractivity contribution is 5.94. The molecule has 0 fully saturated rings. The van der Waals surface area contributed by atoms with E-state index in [2.05, 4.69) is 10.3 Å². The Labute approximate surface area is 89.7 Å². The topological polar surface area (TPSA) is 38.3 Å². The second-order valence-corrected chi connectivity index (χ2v) is 3.06. The van der Waals surface area contributed by atoms with E-state index in [-0.39, 0.29) is 5.91 Å². The van der Waals surface area contributed by atoms with Crippen molar-refractivity contribution in [2.75, 3.05) is 7.11 Å². The summed E-state index contributed by atoms with van der Waals surface area (Å²) in [6.07, 6.45) is 2.36. The molecule has 0 aromatic heterocycles. The van der Waals surface area contributed by atoms with Gasteiger partial charge in [-0.05, 0) is 17.6 Å². The Bertz CT molecular complexity index is 344. The smallest absolute Gasteiger partial charge is 0.267 e. The normalized spacial score (nSPS) is 11.2. The lowest BCUT2D eigenvalue weighted by Crippen LogP contribution is -2.19. The Balaban J connectivity index is 2.84. The number of amides is 1. The van der Waals surface area contributed by atoms with Crippen LogP contribution < -0.4 is 5.48 Å². The fraction of sp³-hybridized carbons (Fsp3) is 0.250. The molecule has 1 aromatic rings. The summed E-state index contributed by atoms with van der Waals surface area (Å²) in [5.41, 5.74) is 4.32.